The summed E-state index contributed by atoms with van der Waals surface area (Å²) in [5.41, 5.74) is 1.25. The number of nitrogens with one attached hydrogen (secondary N) is 2. The monoisotopic (exact) mass is 176 g/mol. The van der Waals surface area contributed by atoms with E-state index in [-0.39, 0.29) is 0 Å². The molecule has 2 N–H and O–H groups in total. The Balaban J connectivity index is 1.97. The third kappa shape index (κ3) is 1.72. The number of aromatic nitrogens is 3. The van der Waals surface area contributed by atoms with E-state index in [4.69, 9.17) is 0 Å². The smallest absolute Gasteiger partial charge is 0.123 e. The van der Waals surface area contributed by atoms with Crippen LogP contribution in [0.3, 0.4) is 0 Å². The van der Waals surface area contributed by atoms with Crippen molar-refractivity contribution in [2.24, 2.45) is 7.05 Å². The maximum absolute atomic E-state index is 3.92. The fourth-order valence-corrected chi connectivity index (χ4v) is 1.22. The van der Waals surface area contributed by atoms with Crippen molar-refractivity contribution in [3.05, 3.63) is 36.5 Å². The number of aromatic amines is 1. The van der Waals surface area contributed by atoms with Gasteiger partial charge in [0.25, 0.3) is 0 Å². The molecular weight excluding hydrogens is 164 g/mol. The van der Waals surface area contributed by atoms with Gasteiger partial charge in [-0.1, -0.05) is 0 Å². The number of H-pyrrole nitrogens is 1. The molecule has 0 unspecified atom stereocenters. The Kier molecular flexibility index (Phi) is 2.04. The minimum Gasteiger partial charge on any atom is -0.365 e. The maximum atomic E-state index is 3.92. The molecule has 2 heterocycles. The molecule has 0 bridgehead atoms. The van der Waals surface area contributed by atoms with E-state index >= 15 is 0 Å². The van der Waals surface area contributed by atoms with Crippen molar-refractivity contribution in [2.75, 3.05) is 5.32 Å². The van der Waals surface area contributed by atoms with Gasteiger partial charge in [0.1, 0.15) is 5.82 Å². The van der Waals surface area contributed by atoms with Crippen LogP contribution in [0.25, 0.3) is 0 Å². The molecule has 13 heavy (non-hydrogen) atoms. The van der Waals surface area contributed by atoms with Gasteiger partial charge >= 0.3 is 0 Å². The molecule has 0 saturated heterocycles. The third-order valence-corrected chi connectivity index (χ3v) is 2.01. The standard InChI is InChI=1S/C9H12N4/c1-13-4-2-3-8(13)5-11-9-6-10-7-12-9/h2-4,6-7,11H,5H2,1H3,(H,10,12). The second-order valence-electron chi connectivity index (χ2n) is 2.93. The van der Waals surface area contributed by atoms with Gasteiger partial charge in [0.05, 0.1) is 19.1 Å². The van der Waals surface area contributed by atoms with Crippen molar-refractivity contribution >= 4 is 5.82 Å². The van der Waals surface area contributed by atoms with Crippen LogP contribution in [0.5, 0.6) is 0 Å². The minimum atomic E-state index is 0.811. The molecule has 0 radical (unpaired) electrons. The van der Waals surface area contributed by atoms with Crippen molar-refractivity contribution in [2.45, 2.75) is 6.54 Å². The molecule has 0 spiro atoms. The largest absolute Gasteiger partial charge is 0.365 e. The van der Waals surface area contributed by atoms with E-state index < -0.39 is 0 Å². The van der Waals surface area contributed by atoms with Crippen LogP contribution in [0, 0.1) is 0 Å². The van der Waals surface area contributed by atoms with Crippen molar-refractivity contribution in [3.8, 4) is 0 Å². The van der Waals surface area contributed by atoms with Gasteiger partial charge in [0, 0.05) is 18.9 Å². The number of hydrogen-bond acceptors (Lipinski definition) is 2. The maximum Gasteiger partial charge on any atom is 0.123 e. The molecule has 0 aromatic carbocycles. The average Bonchev–Trinajstić information content (AvgIpc) is 2.72. The summed E-state index contributed by atoms with van der Waals surface area (Å²) in [6.45, 7) is 0.811. The van der Waals surface area contributed by atoms with E-state index in [9.17, 15) is 0 Å². The van der Waals surface area contributed by atoms with Crippen LogP contribution in [0.2, 0.25) is 0 Å². The zero-order chi connectivity index (χ0) is 9.10. The molecule has 2 aromatic rings. The molecule has 68 valence electrons. The molecule has 0 atom stereocenters. The first-order chi connectivity index (χ1) is 6.36. The second kappa shape index (κ2) is 3.35. The average molecular weight is 176 g/mol. The van der Waals surface area contributed by atoms with Gasteiger partial charge in [0.15, 0.2) is 0 Å². The quantitative estimate of drug-likeness (QED) is 0.741. The van der Waals surface area contributed by atoms with Gasteiger partial charge in [-0.2, -0.15) is 0 Å². The lowest BCUT2D eigenvalue weighted by atomic mass is 10.4. The lowest BCUT2D eigenvalue weighted by Crippen LogP contribution is -2.03. The summed E-state index contributed by atoms with van der Waals surface area (Å²) in [6, 6.07) is 4.12. The van der Waals surface area contributed by atoms with Gasteiger partial charge in [-0.3, -0.25) is 0 Å². The molecule has 0 aliphatic rings. The molecule has 0 fully saturated rings. The van der Waals surface area contributed by atoms with Gasteiger partial charge < -0.3 is 14.9 Å². The molecule has 0 amide bonds. The third-order valence-electron chi connectivity index (χ3n) is 2.01. The van der Waals surface area contributed by atoms with Crippen LogP contribution in [-0.2, 0) is 13.6 Å². The summed E-state index contributed by atoms with van der Waals surface area (Å²) >= 11 is 0. The Morgan fingerprint density at radius 1 is 1.62 bits per heavy atom. The molecular formula is C9H12N4. The molecule has 0 aliphatic heterocycles. The Hall–Kier alpha value is -1.71. The normalized spacial score (nSPS) is 10.2. The van der Waals surface area contributed by atoms with Crippen molar-refractivity contribution < 1.29 is 0 Å². The van der Waals surface area contributed by atoms with Crippen molar-refractivity contribution in [1.29, 1.82) is 0 Å². The van der Waals surface area contributed by atoms with E-state index in [1.54, 1.807) is 12.5 Å². The number of nitrogens with zero attached hydrogens (tertiary/aromatic N) is 2. The topological polar surface area (TPSA) is 45.6 Å². The highest BCUT2D eigenvalue weighted by molar-refractivity contribution is 5.31. The Morgan fingerprint density at radius 2 is 2.54 bits per heavy atom. The second-order valence-corrected chi connectivity index (χ2v) is 2.93. The van der Waals surface area contributed by atoms with E-state index in [2.05, 4.69) is 25.9 Å². The molecule has 4 heteroatoms. The van der Waals surface area contributed by atoms with Crippen LogP contribution in [0.15, 0.2) is 30.9 Å². The van der Waals surface area contributed by atoms with E-state index in [0.29, 0.717) is 0 Å². The zero-order valence-electron chi connectivity index (χ0n) is 7.49. The summed E-state index contributed by atoms with van der Waals surface area (Å²) in [7, 11) is 2.03. The van der Waals surface area contributed by atoms with E-state index in [1.165, 1.54) is 5.69 Å². The van der Waals surface area contributed by atoms with Gasteiger partial charge in [-0.05, 0) is 12.1 Å². The molecule has 2 rings (SSSR count). The van der Waals surface area contributed by atoms with Crippen molar-refractivity contribution in [1.82, 2.24) is 14.5 Å². The van der Waals surface area contributed by atoms with Gasteiger partial charge in [-0.15, -0.1) is 0 Å². The number of anilines is 1. The lowest BCUT2D eigenvalue weighted by molar-refractivity contribution is 0.841. The highest BCUT2D eigenvalue weighted by atomic mass is 15.1. The molecule has 0 saturated carbocycles. The SMILES string of the molecule is Cn1cccc1CNc1cnc[nH]1. The summed E-state index contributed by atoms with van der Waals surface area (Å²) < 4.78 is 2.09. The molecule has 0 aliphatic carbocycles. The summed E-state index contributed by atoms with van der Waals surface area (Å²) in [6.07, 6.45) is 5.46. The Labute approximate surface area is 76.6 Å². The van der Waals surface area contributed by atoms with Gasteiger partial charge in [-0.25, -0.2) is 4.98 Å². The summed E-state index contributed by atoms with van der Waals surface area (Å²) in [5.74, 6) is 0.946. The fraction of sp³-hybridized carbons (Fsp3) is 0.222. The summed E-state index contributed by atoms with van der Waals surface area (Å²) in [4.78, 5) is 6.91. The first-order valence-electron chi connectivity index (χ1n) is 4.19. The van der Waals surface area contributed by atoms with Gasteiger partial charge in [0.2, 0.25) is 0 Å². The molecule has 4 nitrogen and oxygen atoms in total. The fourth-order valence-electron chi connectivity index (χ4n) is 1.22. The Morgan fingerprint density at radius 3 is 3.15 bits per heavy atom. The number of hydrogen-bond donors (Lipinski definition) is 2. The predicted molar refractivity (Wildman–Crippen MR) is 51.3 cm³/mol. The van der Waals surface area contributed by atoms with Crippen LogP contribution in [0.4, 0.5) is 5.82 Å². The molecule has 2 aromatic heterocycles. The first-order valence-corrected chi connectivity index (χ1v) is 4.19. The highest BCUT2D eigenvalue weighted by Crippen LogP contribution is 2.04. The van der Waals surface area contributed by atoms with Crippen LogP contribution < -0.4 is 5.32 Å². The van der Waals surface area contributed by atoms with Crippen LogP contribution >= 0.6 is 0 Å². The van der Waals surface area contributed by atoms with E-state index in [1.807, 2.05) is 19.3 Å². The van der Waals surface area contributed by atoms with Crippen molar-refractivity contribution in [3.63, 3.8) is 0 Å². The first kappa shape index (κ1) is 7.91. The Bertz CT molecular complexity index is 361. The number of rotatable bonds is 3. The minimum absolute atomic E-state index is 0.811. The van der Waals surface area contributed by atoms with Crippen LogP contribution in [-0.4, -0.2) is 14.5 Å². The number of imidazole rings is 1. The highest BCUT2D eigenvalue weighted by Gasteiger charge is 1.96. The predicted octanol–water partition coefficient (Wildman–Crippen LogP) is 1.36. The van der Waals surface area contributed by atoms with E-state index in [0.717, 1.165) is 12.4 Å². The zero-order valence-corrected chi connectivity index (χ0v) is 7.49. The summed E-state index contributed by atoms with van der Waals surface area (Å²) in [5, 5.41) is 3.23. The lowest BCUT2D eigenvalue weighted by Gasteiger charge is -2.04. The van der Waals surface area contributed by atoms with Crippen LogP contribution in [0.1, 0.15) is 5.69 Å². The number of aryl methyl sites for hydroxylation is 1.